The van der Waals surface area contributed by atoms with Crippen molar-refractivity contribution in [3.8, 4) is 0 Å². The van der Waals surface area contributed by atoms with Crippen LogP contribution >= 0.6 is 0 Å². The maximum Gasteiger partial charge on any atom is 0.218 e. The van der Waals surface area contributed by atoms with Gasteiger partial charge in [0.05, 0.1) is 5.75 Å². The minimum atomic E-state index is -3.27. The Morgan fingerprint density at radius 3 is 2.46 bits per heavy atom. The van der Waals surface area contributed by atoms with Gasteiger partial charge >= 0.3 is 0 Å². The summed E-state index contributed by atoms with van der Waals surface area (Å²) in [6, 6.07) is 9.43. The van der Waals surface area contributed by atoms with Crippen molar-refractivity contribution < 1.29 is 13.2 Å². The molecule has 2 aliphatic heterocycles. The van der Waals surface area contributed by atoms with Gasteiger partial charge in [-0.2, -0.15) is 0 Å². The molecule has 152 valence electrons. The van der Waals surface area contributed by atoms with Crippen molar-refractivity contribution >= 4 is 10.0 Å². The third-order valence-corrected chi connectivity index (χ3v) is 8.14. The molecule has 0 radical (unpaired) electrons. The lowest BCUT2D eigenvalue weighted by molar-refractivity contribution is 0.127. The number of fused-ring (bicyclic) bond motifs is 1. The van der Waals surface area contributed by atoms with Crippen LogP contribution in [-0.2, 0) is 40.1 Å². The zero-order chi connectivity index (χ0) is 19.6. The molecule has 3 heterocycles. The van der Waals surface area contributed by atoms with Crippen molar-refractivity contribution in [2.75, 3.05) is 20.2 Å². The summed E-state index contributed by atoms with van der Waals surface area (Å²) in [5.41, 5.74) is 1.05. The van der Waals surface area contributed by atoms with Gasteiger partial charge in [0.1, 0.15) is 12.4 Å². The Balaban J connectivity index is 1.40. The molecule has 2 aromatic rings. The predicted molar refractivity (Wildman–Crippen MR) is 106 cm³/mol. The molecule has 0 N–H and O–H groups in total. The third-order valence-electron chi connectivity index (χ3n) is 6.29. The predicted octanol–water partition coefficient (Wildman–Crippen LogP) is 2.37. The van der Waals surface area contributed by atoms with Gasteiger partial charge in [0.15, 0.2) is 5.82 Å². The second kappa shape index (κ2) is 7.93. The monoisotopic (exact) mass is 404 g/mol. The van der Waals surface area contributed by atoms with E-state index in [1.54, 1.807) is 11.4 Å². The van der Waals surface area contributed by atoms with E-state index in [4.69, 9.17) is 4.74 Å². The first-order valence-electron chi connectivity index (χ1n) is 9.93. The van der Waals surface area contributed by atoms with E-state index in [1.165, 1.54) is 0 Å². The van der Waals surface area contributed by atoms with E-state index >= 15 is 0 Å². The standard InChI is InChI=1S/C20H28N4O3S/c1-27-15-19-22-21-18-7-8-20(11-14-24(18)19)9-12-23(13-10-20)28(25,26)16-17-5-3-2-4-6-17/h2-6H,7-16H2,1H3. The lowest BCUT2D eigenvalue weighted by atomic mass is 9.73. The number of methoxy groups -OCH3 is 1. The molecule has 28 heavy (non-hydrogen) atoms. The molecule has 0 saturated carbocycles. The summed E-state index contributed by atoms with van der Waals surface area (Å²) in [7, 11) is -1.60. The molecule has 1 saturated heterocycles. The van der Waals surface area contributed by atoms with E-state index in [0.717, 1.165) is 55.9 Å². The van der Waals surface area contributed by atoms with Crippen LogP contribution in [0.1, 0.15) is 42.9 Å². The second-order valence-electron chi connectivity index (χ2n) is 8.01. The molecule has 0 unspecified atom stereocenters. The summed E-state index contributed by atoms with van der Waals surface area (Å²) in [5.74, 6) is 2.00. The van der Waals surface area contributed by atoms with Gasteiger partial charge in [-0.05, 0) is 36.7 Å². The molecule has 1 fully saturated rings. The molecule has 4 rings (SSSR count). The van der Waals surface area contributed by atoms with Gasteiger partial charge in [-0.3, -0.25) is 0 Å². The van der Waals surface area contributed by atoms with E-state index in [1.807, 2.05) is 30.3 Å². The zero-order valence-corrected chi connectivity index (χ0v) is 17.2. The molecule has 0 bridgehead atoms. The van der Waals surface area contributed by atoms with Crippen LogP contribution in [0.4, 0.5) is 0 Å². The van der Waals surface area contributed by atoms with Gasteiger partial charge in [0.25, 0.3) is 0 Å². The first kappa shape index (κ1) is 19.5. The topological polar surface area (TPSA) is 77.3 Å². The van der Waals surface area contributed by atoms with Crippen LogP contribution in [0.15, 0.2) is 30.3 Å². The number of aryl methyl sites for hydroxylation is 1. The second-order valence-corrected chi connectivity index (χ2v) is 9.98. The number of aromatic nitrogens is 3. The summed E-state index contributed by atoms with van der Waals surface area (Å²) in [5, 5.41) is 8.59. The molecule has 2 aliphatic rings. The molecular weight excluding hydrogens is 376 g/mol. The number of hydrogen-bond acceptors (Lipinski definition) is 5. The molecule has 7 nitrogen and oxygen atoms in total. The molecule has 1 spiro atoms. The highest BCUT2D eigenvalue weighted by Gasteiger charge is 2.39. The summed E-state index contributed by atoms with van der Waals surface area (Å²) in [6.45, 7) is 2.59. The van der Waals surface area contributed by atoms with Crippen LogP contribution in [0.3, 0.4) is 0 Å². The van der Waals surface area contributed by atoms with E-state index in [2.05, 4.69) is 14.8 Å². The number of rotatable bonds is 5. The van der Waals surface area contributed by atoms with Crippen molar-refractivity contribution in [3.05, 3.63) is 47.5 Å². The van der Waals surface area contributed by atoms with Crippen LogP contribution in [0.2, 0.25) is 0 Å². The number of benzene rings is 1. The van der Waals surface area contributed by atoms with Crippen LogP contribution in [-0.4, -0.2) is 47.7 Å². The van der Waals surface area contributed by atoms with E-state index < -0.39 is 10.0 Å². The van der Waals surface area contributed by atoms with Crippen LogP contribution < -0.4 is 0 Å². The smallest absolute Gasteiger partial charge is 0.218 e. The summed E-state index contributed by atoms with van der Waals surface area (Å²) in [4.78, 5) is 0. The molecule has 0 amide bonds. The Labute approximate surface area is 166 Å². The lowest BCUT2D eigenvalue weighted by Gasteiger charge is -2.40. The van der Waals surface area contributed by atoms with Gasteiger partial charge in [0.2, 0.25) is 10.0 Å². The minimum Gasteiger partial charge on any atom is -0.377 e. The Kier molecular flexibility index (Phi) is 5.53. The zero-order valence-electron chi connectivity index (χ0n) is 16.4. The minimum absolute atomic E-state index is 0.0856. The van der Waals surface area contributed by atoms with Gasteiger partial charge in [-0.1, -0.05) is 30.3 Å². The highest BCUT2D eigenvalue weighted by Crippen LogP contribution is 2.42. The fraction of sp³-hybridized carbons (Fsp3) is 0.600. The van der Waals surface area contributed by atoms with Crippen molar-refractivity contribution in [1.29, 1.82) is 0 Å². The largest absolute Gasteiger partial charge is 0.377 e. The van der Waals surface area contributed by atoms with E-state index in [9.17, 15) is 8.42 Å². The van der Waals surface area contributed by atoms with E-state index in [0.29, 0.717) is 19.7 Å². The maximum atomic E-state index is 12.8. The van der Waals surface area contributed by atoms with Crippen LogP contribution in [0, 0.1) is 5.41 Å². The highest BCUT2D eigenvalue weighted by atomic mass is 32.2. The summed E-state index contributed by atoms with van der Waals surface area (Å²) < 4.78 is 34.8. The fourth-order valence-corrected chi connectivity index (χ4v) is 6.05. The Morgan fingerprint density at radius 1 is 1.04 bits per heavy atom. The summed E-state index contributed by atoms with van der Waals surface area (Å²) >= 11 is 0. The van der Waals surface area contributed by atoms with Gasteiger partial charge in [-0.15, -0.1) is 10.2 Å². The molecule has 1 aromatic carbocycles. The average molecular weight is 405 g/mol. The van der Waals surface area contributed by atoms with Crippen molar-refractivity contribution in [1.82, 2.24) is 19.1 Å². The molecule has 0 atom stereocenters. The highest BCUT2D eigenvalue weighted by molar-refractivity contribution is 7.88. The number of piperidine rings is 1. The number of nitrogens with zero attached hydrogens (tertiary/aromatic N) is 4. The quantitative estimate of drug-likeness (QED) is 0.765. The van der Waals surface area contributed by atoms with Crippen molar-refractivity contribution in [2.45, 2.75) is 51.0 Å². The van der Waals surface area contributed by atoms with Crippen molar-refractivity contribution in [3.63, 3.8) is 0 Å². The van der Waals surface area contributed by atoms with Crippen LogP contribution in [0.5, 0.6) is 0 Å². The third kappa shape index (κ3) is 3.99. The van der Waals surface area contributed by atoms with Crippen molar-refractivity contribution in [2.24, 2.45) is 5.41 Å². The summed E-state index contributed by atoms with van der Waals surface area (Å²) in [6.07, 6.45) is 4.82. The lowest BCUT2D eigenvalue weighted by Crippen LogP contribution is -2.43. The molecule has 8 heteroatoms. The van der Waals surface area contributed by atoms with Gasteiger partial charge < -0.3 is 9.30 Å². The van der Waals surface area contributed by atoms with Gasteiger partial charge in [-0.25, -0.2) is 12.7 Å². The SMILES string of the molecule is COCc1nnc2n1CCC1(CC2)CCN(S(=O)(=O)Cc2ccccc2)CC1. The first-order chi connectivity index (χ1) is 13.5. The Morgan fingerprint density at radius 2 is 1.75 bits per heavy atom. The van der Waals surface area contributed by atoms with Crippen LogP contribution in [0.25, 0.3) is 0 Å². The Hall–Kier alpha value is -1.77. The average Bonchev–Trinajstić information content (AvgIpc) is 2.99. The Bertz CT molecular complexity index is 903. The van der Waals surface area contributed by atoms with E-state index in [-0.39, 0.29) is 11.2 Å². The molecule has 0 aliphatic carbocycles. The number of ether oxygens (including phenoxy) is 1. The number of hydrogen-bond donors (Lipinski definition) is 0. The normalized spacial score (nSPS) is 20.0. The number of sulfonamides is 1. The fourth-order valence-electron chi connectivity index (χ4n) is 4.52. The van der Waals surface area contributed by atoms with Gasteiger partial charge in [0, 0.05) is 33.2 Å². The molecule has 1 aromatic heterocycles. The maximum absolute atomic E-state index is 12.8. The first-order valence-corrected chi connectivity index (χ1v) is 11.5. The molecular formula is C20H28N4O3S.